The Labute approximate surface area is 153 Å². The van der Waals surface area contributed by atoms with Crippen LogP contribution in [0.2, 0.25) is 0 Å². The van der Waals surface area contributed by atoms with Crippen LogP contribution in [0.15, 0.2) is 24.7 Å². The molecule has 1 fully saturated rings. The van der Waals surface area contributed by atoms with Crippen molar-refractivity contribution in [3.8, 4) is 16.9 Å². The highest BCUT2D eigenvalue weighted by Crippen LogP contribution is 2.34. The number of ether oxygens (including phenoxy) is 2. The number of pyridine rings is 1. The molecule has 1 aliphatic heterocycles. The van der Waals surface area contributed by atoms with Gasteiger partial charge < -0.3 is 14.8 Å². The number of halogens is 2. The third kappa shape index (κ3) is 3.70. The number of nitrogens with one attached hydrogen (secondary N) is 2. The van der Waals surface area contributed by atoms with Crippen LogP contribution < -0.4 is 10.1 Å². The van der Waals surface area contributed by atoms with E-state index < -0.39 is 12.5 Å². The van der Waals surface area contributed by atoms with E-state index in [1.807, 2.05) is 0 Å². The highest BCUT2D eigenvalue weighted by atomic mass is 19.3. The molecule has 0 aromatic carbocycles. The third-order valence-corrected chi connectivity index (χ3v) is 4.48. The maximum atomic E-state index is 13.1. The van der Waals surface area contributed by atoms with Crippen molar-refractivity contribution in [3.63, 3.8) is 0 Å². The molecule has 4 rings (SSSR count). The van der Waals surface area contributed by atoms with Crippen molar-refractivity contribution in [1.82, 2.24) is 24.8 Å². The largest absolute Gasteiger partial charge is 0.480 e. The normalized spacial score (nSPS) is 16.7. The van der Waals surface area contributed by atoms with Gasteiger partial charge in [0, 0.05) is 42.8 Å². The van der Waals surface area contributed by atoms with Crippen LogP contribution in [0.1, 0.15) is 19.8 Å². The number of aromatic amines is 1. The number of aromatic nitrogens is 5. The Morgan fingerprint density at radius 3 is 2.89 bits per heavy atom. The van der Waals surface area contributed by atoms with E-state index in [1.54, 1.807) is 24.7 Å². The van der Waals surface area contributed by atoms with Gasteiger partial charge in [0.25, 0.3) is 6.43 Å². The Balaban J connectivity index is 1.72. The molecule has 10 heteroatoms. The summed E-state index contributed by atoms with van der Waals surface area (Å²) in [4.78, 5) is 4.49. The average Bonchev–Trinajstić information content (AvgIpc) is 3.32. The highest BCUT2D eigenvalue weighted by Gasteiger charge is 2.23. The van der Waals surface area contributed by atoms with Crippen LogP contribution in [-0.4, -0.2) is 56.6 Å². The molecule has 0 saturated carbocycles. The average molecular weight is 378 g/mol. The Morgan fingerprint density at radius 1 is 1.37 bits per heavy atom. The molecular formula is C17H20F2N6O2. The van der Waals surface area contributed by atoms with E-state index >= 15 is 0 Å². The van der Waals surface area contributed by atoms with Gasteiger partial charge in [-0.25, -0.2) is 13.3 Å². The fraction of sp³-hybridized carbons (Fsp3) is 0.471. The topological polar surface area (TPSA) is 89.4 Å². The zero-order valence-corrected chi connectivity index (χ0v) is 14.7. The van der Waals surface area contributed by atoms with E-state index in [2.05, 4.69) is 25.6 Å². The van der Waals surface area contributed by atoms with Crippen molar-refractivity contribution in [2.75, 3.05) is 18.5 Å². The number of H-pyrrole nitrogens is 1. The second-order valence-corrected chi connectivity index (χ2v) is 6.44. The van der Waals surface area contributed by atoms with Crippen LogP contribution >= 0.6 is 0 Å². The SMILES string of the molecule is C[C@@H](Oc1c(-c2cn[nH]c2)ccn2nc(NC3CCOCC3)nc12)C(F)F. The molecule has 3 aromatic rings. The minimum atomic E-state index is -2.62. The van der Waals surface area contributed by atoms with Gasteiger partial charge in [0.05, 0.1) is 6.20 Å². The number of alkyl halides is 2. The molecule has 3 aromatic heterocycles. The molecule has 0 radical (unpaired) electrons. The molecule has 27 heavy (non-hydrogen) atoms. The monoisotopic (exact) mass is 378 g/mol. The maximum absolute atomic E-state index is 13.1. The van der Waals surface area contributed by atoms with Gasteiger partial charge in [-0.2, -0.15) is 10.1 Å². The Kier molecular flexibility index (Phi) is 4.88. The van der Waals surface area contributed by atoms with Crippen molar-refractivity contribution < 1.29 is 18.3 Å². The zero-order valence-electron chi connectivity index (χ0n) is 14.7. The number of hydrogen-bond donors (Lipinski definition) is 2. The quantitative estimate of drug-likeness (QED) is 0.686. The van der Waals surface area contributed by atoms with E-state index in [1.165, 1.54) is 11.4 Å². The summed E-state index contributed by atoms with van der Waals surface area (Å²) in [5.41, 5.74) is 1.71. The first kappa shape index (κ1) is 17.7. The van der Waals surface area contributed by atoms with Crippen LogP contribution in [0.3, 0.4) is 0 Å². The lowest BCUT2D eigenvalue weighted by Crippen LogP contribution is -2.28. The van der Waals surface area contributed by atoms with E-state index in [4.69, 9.17) is 9.47 Å². The molecule has 8 nitrogen and oxygen atoms in total. The zero-order chi connectivity index (χ0) is 18.8. The van der Waals surface area contributed by atoms with Crippen LogP contribution in [-0.2, 0) is 4.74 Å². The fourth-order valence-corrected chi connectivity index (χ4v) is 2.99. The molecule has 1 saturated heterocycles. The highest BCUT2D eigenvalue weighted by molar-refractivity contribution is 5.77. The van der Waals surface area contributed by atoms with Crippen LogP contribution in [0.25, 0.3) is 16.8 Å². The number of anilines is 1. The lowest BCUT2D eigenvalue weighted by Gasteiger charge is -2.22. The summed E-state index contributed by atoms with van der Waals surface area (Å²) >= 11 is 0. The molecular weight excluding hydrogens is 358 g/mol. The van der Waals surface area contributed by atoms with E-state index in [0.717, 1.165) is 18.4 Å². The second kappa shape index (κ2) is 7.47. The Morgan fingerprint density at radius 2 is 2.19 bits per heavy atom. The summed E-state index contributed by atoms with van der Waals surface area (Å²) < 4.78 is 38.6. The van der Waals surface area contributed by atoms with E-state index in [9.17, 15) is 8.78 Å². The summed E-state index contributed by atoms with van der Waals surface area (Å²) in [5, 5.41) is 14.3. The van der Waals surface area contributed by atoms with Gasteiger partial charge in [-0.3, -0.25) is 5.10 Å². The van der Waals surface area contributed by atoms with Gasteiger partial charge in [-0.05, 0) is 25.8 Å². The molecule has 0 bridgehead atoms. The van der Waals surface area contributed by atoms with Gasteiger partial charge >= 0.3 is 0 Å². The minimum absolute atomic E-state index is 0.217. The molecule has 4 heterocycles. The summed E-state index contributed by atoms with van der Waals surface area (Å²) in [6.45, 7) is 2.71. The molecule has 1 atom stereocenters. The lowest BCUT2D eigenvalue weighted by atomic mass is 10.1. The number of hydrogen-bond acceptors (Lipinski definition) is 6. The molecule has 0 aliphatic carbocycles. The molecule has 0 unspecified atom stereocenters. The van der Waals surface area contributed by atoms with E-state index in [-0.39, 0.29) is 11.8 Å². The number of fused-ring (bicyclic) bond motifs is 1. The van der Waals surface area contributed by atoms with Gasteiger partial charge in [-0.15, -0.1) is 5.10 Å². The van der Waals surface area contributed by atoms with Crippen LogP contribution in [0.4, 0.5) is 14.7 Å². The van der Waals surface area contributed by atoms with Crippen molar-refractivity contribution in [1.29, 1.82) is 0 Å². The van der Waals surface area contributed by atoms with Crippen LogP contribution in [0, 0.1) is 0 Å². The molecule has 144 valence electrons. The summed E-state index contributed by atoms with van der Waals surface area (Å²) in [7, 11) is 0. The van der Waals surface area contributed by atoms with Crippen LogP contribution in [0.5, 0.6) is 5.75 Å². The molecule has 0 amide bonds. The van der Waals surface area contributed by atoms with Gasteiger partial charge in [-0.1, -0.05) is 0 Å². The van der Waals surface area contributed by atoms with E-state index in [0.29, 0.717) is 30.4 Å². The lowest BCUT2D eigenvalue weighted by molar-refractivity contribution is 0.0234. The summed E-state index contributed by atoms with van der Waals surface area (Å²) in [5.74, 6) is 0.681. The van der Waals surface area contributed by atoms with Gasteiger partial charge in [0.2, 0.25) is 5.95 Å². The minimum Gasteiger partial charge on any atom is -0.480 e. The standard InChI is InChI=1S/C17H20F2N6O2/c1-10(15(18)19)27-14-13(11-8-20-21-9-11)2-5-25-16(14)23-17(24-25)22-12-3-6-26-7-4-12/h2,5,8-10,12,15H,3-4,6-7H2,1H3,(H,20,21)(H,22,24)/t10-/m1/s1. The molecule has 1 aliphatic rings. The second-order valence-electron chi connectivity index (χ2n) is 6.44. The molecule has 2 N–H and O–H groups in total. The first-order valence-electron chi connectivity index (χ1n) is 8.79. The Hall–Kier alpha value is -2.75. The predicted molar refractivity (Wildman–Crippen MR) is 94.1 cm³/mol. The fourth-order valence-electron chi connectivity index (χ4n) is 2.99. The Bertz CT molecular complexity index is 892. The third-order valence-electron chi connectivity index (χ3n) is 4.48. The predicted octanol–water partition coefficient (Wildman–Crippen LogP) is 2.74. The summed E-state index contributed by atoms with van der Waals surface area (Å²) in [6, 6.07) is 1.96. The van der Waals surface area contributed by atoms with Gasteiger partial charge in [0.15, 0.2) is 17.5 Å². The van der Waals surface area contributed by atoms with Crippen molar-refractivity contribution >= 4 is 11.6 Å². The number of rotatable bonds is 6. The first-order valence-corrected chi connectivity index (χ1v) is 8.79. The number of nitrogens with zero attached hydrogens (tertiary/aromatic N) is 4. The molecule has 0 spiro atoms. The van der Waals surface area contributed by atoms with Crippen molar-refractivity contribution in [2.24, 2.45) is 0 Å². The summed E-state index contributed by atoms with van der Waals surface area (Å²) in [6.07, 6.45) is 2.81. The van der Waals surface area contributed by atoms with Gasteiger partial charge in [0.1, 0.15) is 0 Å². The smallest absolute Gasteiger partial charge is 0.274 e. The van der Waals surface area contributed by atoms with Crippen molar-refractivity contribution in [3.05, 3.63) is 24.7 Å². The maximum Gasteiger partial charge on any atom is 0.274 e. The van der Waals surface area contributed by atoms with Crippen molar-refractivity contribution in [2.45, 2.75) is 38.3 Å². The first-order chi connectivity index (χ1) is 13.1.